The largest absolute Gasteiger partial charge is 0.381 e. The van der Waals surface area contributed by atoms with E-state index in [0.29, 0.717) is 0 Å². The molecule has 0 bridgehead atoms. The monoisotopic (exact) mass is 263 g/mol. The predicted octanol–water partition coefficient (Wildman–Crippen LogP) is 1.65. The molecule has 0 saturated carbocycles. The Kier molecular flexibility index (Phi) is 4.89. The summed E-state index contributed by atoms with van der Waals surface area (Å²) in [4.78, 5) is 13.8. The number of hydrogen-bond donors (Lipinski definition) is 0. The highest BCUT2D eigenvalue weighted by Gasteiger charge is 2.26. The summed E-state index contributed by atoms with van der Waals surface area (Å²) in [7, 11) is 1.88. The average Bonchev–Trinajstić information content (AvgIpc) is 2.27. The molecule has 1 saturated heterocycles. The van der Waals surface area contributed by atoms with E-state index in [9.17, 15) is 4.79 Å². The minimum atomic E-state index is 0.176. The number of rotatable bonds is 3. The van der Waals surface area contributed by atoms with Gasteiger partial charge in [0.1, 0.15) is 0 Å². The van der Waals surface area contributed by atoms with E-state index in [1.807, 2.05) is 18.9 Å². The van der Waals surface area contributed by atoms with Crippen molar-refractivity contribution in [1.29, 1.82) is 0 Å². The molecule has 1 aliphatic heterocycles. The molecule has 1 heterocycles. The maximum absolute atomic E-state index is 11.9. The normalized spacial score (nSPS) is 20.5. The van der Waals surface area contributed by atoms with Crippen molar-refractivity contribution >= 4 is 21.8 Å². The second-order valence-electron chi connectivity index (χ2n) is 3.84. The van der Waals surface area contributed by atoms with Gasteiger partial charge >= 0.3 is 0 Å². The summed E-state index contributed by atoms with van der Waals surface area (Å²) in [5, 5.41) is 0.832. The van der Waals surface area contributed by atoms with Crippen LogP contribution in [0.2, 0.25) is 0 Å². The van der Waals surface area contributed by atoms with Gasteiger partial charge in [-0.05, 0) is 19.8 Å². The van der Waals surface area contributed by atoms with Crippen molar-refractivity contribution in [2.45, 2.75) is 25.8 Å². The molecule has 0 spiro atoms. The van der Waals surface area contributed by atoms with Gasteiger partial charge in [-0.2, -0.15) is 0 Å². The van der Waals surface area contributed by atoms with E-state index in [1.165, 1.54) is 0 Å². The second kappa shape index (κ2) is 5.71. The fourth-order valence-corrected chi connectivity index (χ4v) is 1.99. The molecule has 0 aromatic heterocycles. The Balaban J connectivity index is 2.46. The van der Waals surface area contributed by atoms with Crippen LogP contribution in [0.15, 0.2) is 0 Å². The number of alkyl halides is 1. The van der Waals surface area contributed by atoms with Crippen LogP contribution in [0.1, 0.15) is 19.8 Å². The first-order valence-corrected chi connectivity index (χ1v) is 6.19. The zero-order valence-corrected chi connectivity index (χ0v) is 10.4. The molecule has 82 valence electrons. The number of carbonyl (C=O) groups is 1. The van der Waals surface area contributed by atoms with E-state index in [2.05, 4.69) is 15.9 Å². The maximum Gasteiger partial charge on any atom is 0.225 e. The molecule has 3 nitrogen and oxygen atoms in total. The standard InChI is InChI=1S/C10H18BrNO2/c1-8(7-11)12(2)10(13)9-3-5-14-6-4-9/h8-9H,3-7H2,1-2H3. The van der Waals surface area contributed by atoms with E-state index in [-0.39, 0.29) is 17.9 Å². The van der Waals surface area contributed by atoms with Crippen LogP contribution in [-0.4, -0.2) is 42.4 Å². The number of halogens is 1. The highest BCUT2D eigenvalue weighted by Crippen LogP contribution is 2.18. The van der Waals surface area contributed by atoms with Crippen molar-refractivity contribution in [3.63, 3.8) is 0 Å². The van der Waals surface area contributed by atoms with Gasteiger partial charge in [-0.25, -0.2) is 0 Å². The highest BCUT2D eigenvalue weighted by atomic mass is 79.9. The molecule has 1 unspecified atom stereocenters. The quantitative estimate of drug-likeness (QED) is 0.725. The molecule has 0 aromatic rings. The first-order chi connectivity index (χ1) is 6.66. The lowest BCUT2D eigenvalue weighted by atomic mass is 9.98. The van der Waals surface area contributed by atoms with Gasteiger partial charge in [-0.15, -0.1) is 0 Å². The number of amides is 1. The van der Waals surface area contributed by atoms with E-state index in [0.717, 1.165) is 31.4 Å². The first kappa shape index (κ1) is 12.0. The van der Waals surface area contributed by atoms with Crippen LogP contribution in [0.5, 0.6) is 0 Å². The molecular weight excluding hydrogens is 246 g/mol. The third-order valence-electron chi connectivity index (χ3n) is 2.80. The molecule has 1 aliphatic rings. The van der Waals surface area contributed by atoms with Crippen molar-refractivity contribution in [2.24, 2.45) is 5.92 Å². The van der Waals surface area contributed by atoms with E-state index >= 15 is 0 Å². The number of hydrogen-bond acceptors (Lipinski definition) is 2. The van der Waals surface area contributed by atoms with Crippen molar-refractivity contribution in [1.82, 2.24) is 4.90 Å². The van der Waals surface area contributed by atoms with Crippen LogP contribution in [0.25, 0.3) is 0 Å². The lowest BCUT2D eigenvalue weighted by Gasteiger charge is -2.29. The summed E-state index contributed by atoms with van der Waals surface area (Å²) in [6.45, 7) is 3.51. The van der Waals surface area contributed by atoms with Crippen LogP contribution >= 0.6 is 15.9 Å². The van der Waals surface area contributed by atoms with Gasteiger partial charge in [0, 0.05) is 37.6 Å². The third-order valence-corrected chi connectivity index (χ3v) is 3.74. The fraction of sp³-hybridized carbons (Fsp3) is 0.900. The highest BCUT2D eigenvalue weighted by molar-refractivity contribution is 9.09. The Morgan fingerprint density at radius 2 is 2.14 bits per heavy atom. The summed E-state index contributed by atoms with van der Waals surface area (Å²) in [6.07, 6.45) is 1.75. The number of ether oxygens (including phenoxy) is 1. The molecule has 0 N–H and O–H groups in total. The van der Waals surface area contributed by atoms with Gasteiger partial charge < -0.3 is 9.64 Å². The summed E-state index contributed by atoms with van der Waals surface area (Å²) in [5.74, 6) is 0.440. The third kappa shape index (κ3) is 2.95. The van der Waals surface area contributed by atoms with Crippen LogP contribution in [0.4, 0.5) is 0 Å². The van der Waals surface area contributed by atoms with Crippen molar-refractivity contribution in [3.8, 4) is 0 Å². The summed E-state index contributed by atoms with van der Waals surface area (Å²) in [5.41, 5.74) is 0. The zero-order chi connectivity index (χ0) is 10.6. The first-order valence-electron chi connectivity index (χ1n) is 5.07. The Bertz CT molecular complexity index is 189. The van der Waals surface area contributed by atoms with Gasteiger partial charge in [0.2, 0.25) is 5.91 Å². The predicted molar refractivity (Wildman–Crippen MR) is 59.6 cm³/mol. The van der Waals surface area contributed by atoms with Crippen LogP contribution < -0.4 is 0 Å². The van der Waals surface area contributed by atoms with Crippen LogP contribution in [-0.2, 0) is 9.53 Å². The minimum Gasteiger partial charge on any atom is -0.381 e. The van der Waals surface area contributed by atoms with Crippen LogP contribution in [0, 0.1) is 5.92 Å². The Hall–Kier alpha value is -0.0900. The van der Waals surface area contributed by atoms with Crippen LogP contribution in [0.3, 0.4) is 0 Å². The molecule has 4 heteroatoms. The SMILES string of the molecule is CC(CBr)N(C)C(=O)C1CCOCC1. The Labute approximate surface area is 93.9 Å². The summed E-state index contributed by atoms with van der Waals surface area (Å²) in [6, 6.07) is 0.269. The van der Waals surface area contributed by atoms with Gasteiger partial charge in [-0.1, -0.05) is 15.9 Å². The Morgan fingerprint density at radius 3 is 2.64 bits per heavy atom. The summed E-state index contributed by atoms with van der Waals surface area (Å²) >= 11 is 3.39. The van der Waals surface area contributed by atoms with E-state index in [1.54, 1.807) is 0 Å². The average molecular weight is 264 g/mol. The van der Waals surface area contributed by atoms with Gasteiger partial charge in [0.15, 0.2) is 0 Å². The fourth-order valence-electron chi connectivity index (χ4n) is 1.55. The molecular formula is C10H18BrNO2. The zero-order valence-electron chi connectivity index (χ0n) is 8.83. The van der Waals surface area contributed by atoms with Gasteiger partial charge in [0.25, 0.3) is 0 Å². The van der Waals surface area contributed by atoms with E-state index < -0.39 is 0 Å². The lowest BCUT2D eigenvalue weighted by Crippen LogP contribution is -2.41. The molecule has 0 radical (unpaired) electrons. The van der Waals surface area contributed by atoms with E-state index in [4.69, 9.17) is 4.74 Å². The lowest BCUT2D eigenvalue weighted by molar-refractivity contribution is -0.138. The van der Waals surface area contributed by atoms with Gasteiger partial charge in [-0.3, -0.25) is 4.79 Å². The van der Waals surface area contributed by atoms with Crippen molar-refractivity contribution in [3.05, 3.63) is 0 Å². The van der Waals surface area contributed by atoms with Crippen molar-refractivity contribution < 1.29 is 9.53 Å². The summed E-state index contributed by atoms with van der Waals surface area (Å²) < 4.78 is 5.24. The molecule has 0 aromatic carbocycles. The molecule has 1 amide bonds. The Morgan fingerprint density at radius 1 is 1.57 bits per heavy atom. The van der Waals surface area contributed by atoms with Gasteiger partial charge in [0.05, 0.1) is 0 Å². The molecule has 0 aliphatic carbocycles. The molecule has 14 heavy (non-hydrogen) atoms. The van der Waals surface area contributed by atoms with Crippen molar-refractivity contribution in [2.75, 3.05) is 25.6 Å². The minimum absolute atomic E-state index is 0.176. The molecule has 1 fully saturated rings. The smallest absolute Gasteiger partial charge is 0.225 e. The number of nitrogens with zero attached hydrogens (tertiary/aromatic N) is 1. The second-order valence-corrected chi connectivity index (χ2v) is 4.49. The maximum atomic E-state index is 11.9. The molecule has 1 atom stereocenters. The number of carbonyl (C=O) groups excluding carboxylic acids is 1. The molecule has 1 rings (SSSR count). The topological polar surface area (TPSA) is 29.5 Å².